The van der Waals surface area contributed by atoms with Crippen molar-refractivity contribution in [2.75, 3.05) is 0 Å². The van der Waals surface area contributed by atoms with Crippen LogP contribution in [-0.2, 0) is 0 Å². The number of allylic oxidation sites excluding steroid dienone is 5. The predicted octanol–water partition coefficient (Wildman–Crippen LogP) is 8.33. The van der Waals surface area contributed by atoms with Crippen LogP contribution in [0.2, 0.25) is 0 Å². The normalized spacial score (nSPS) is 14.4. The molecule has 0 spiro atoms. The fourth-order valence-corrected chi connectivity index (χ4v) is 6.14. The van der Waals surface area contributed by atoms with Crippen molar-refractivity contribution >= 4 is 55.4 Å². The molecule has 0 saturated heterocycles. The fourth-order valence-electron chi connectivity index (χ4n) is 6.14. The first-order valence-electron chi connectivity index (χ1n) is 13.9. The fraction of sp³-hybridized carbons (Fsp3) is 0.0263. The number of furan rings is 1. The quantitative estimate of drug-likeness (QED) is 0.234. The van der Waals surface area contributed by atoms with Gasteiger partial charge in [-0.05, 0) is 45.8 Å². The highest BCUT2D eigenvalue weighted by Crippen LogP contribution is 2.37. The molecule has 1 N–H and O–H groups in total. The van der Waals surface area contributed by atoms with Gasteiger partial charge in [0.1, 0.15) is 11.2 Å². The van der Waals surface area contributed by atoms with Crippen LogP contribution >= 0.6 is 0 Å². The van der Waals surface area contributed by atoms with Gasteiger partial charge in [-0.1, -0.05) is 110 Å². The Hall–Kier alpha value is -5.41. The van der Waals surface area contributed by atoms with Crippen molar-refractivity contribution < 1.29 is 4.42 Å². The SMILES string of the molecule is C=C/C=C\C=C1\C=c2ccccc2=C(c2cc3ccc4ccc(-c5cccc6oc7ccccc7c56)nc4c3[nH]2)C1. The van der Waals surface area contributed by atoms with E-state index in [1.807, 2.05) is 30.3 Å². The van der Waals surface area contributed by atoms with Crippen LogP contribution in [0.4, 0.5) is 0 Å². The van der Waals surface area contributed by atoms with Gasteiger partial charge in [0.25, 0.3) is 0 Å². The van der Waals surface area contributed by atoms with Gasteiger partial charge in [-0.25, -0.2) is 4.98 Å². The maximum atomic E-state index is 6.16. The molecule has 0 aliphatic heterocycles. The molecule has 0 bridgehead atoms. The van der Waals surface area contributed by atoms with Gasteiger partial charge in [-0.15, -0.1) is 0 Å². The molecule has 1 aliphatic carbocycles. The van der Waals surface area contributed by atoms with E-state index >= 15 is 0 Å². The lowest BCUT2D eigenvalue weighted by molar-refractivity contribution is 0.669. The van der Waals surface area contributed by atoms with Crippen LogP contribution < -0.4 is 10.4 Å². The molecule has 3 aromatic heterocycles. The molecule has 7 aromatic rings. The van der Waals surface area contributed by atoms with Gasteiger partial charge in [0.15, 0.2) is 0 Å². The van der Waals surface area contributed by atoms with Crippen molar-refractivity contribution in [2.24, 2.45) is 0 Å². The number of aromatic amines is 1. The molecular weight excluding hydrogens is 500 g/mol. The van der Waals surface area contributed by atoms with E-state index < -0.39 is 0 Å². The van der Waals surface area contributed by atoms with Crippen molar-refractivity contribution in [3.8, 4) is 11.3 Å². The van der Waals surface area contributed by atoms with E-state index in [0.29, 0.717) is 0 Å². The van der Waals surface area contributed by atoms with Gasteiger partial charge in [0.2, 0.25) is 0 Å². The summed E-state index contributed by atoms with van der Waals surface area (Å²) >= 11 is 0. The second kappa shape index (κ2) is 9.35. The van der Waals surface area contributed by atoms with Crippen LogP contribution in [0.5, 0.6) is 0 Å². The summed E-state index contributed by atoms with van der Waals surface area (Å²) in [6, 6.07) is 33.9. The molecule has 8 rings (SSSR count). The van der Waals surface area contributed by atoms with Crippen molar-refractivity contribution in [1.29, 1.82) is 0 Å². The van der Waals surface area contributed by atoms with Crippen LogP contribution in [0, 0.1) is 0 Å². The molecule has 3 nitrogen and oxygen atoms in total. The van der Waals surface area contributed by atoms with Crippen molar-refractivity contribution in [3.63, 3.8) is 0 Å². The number of rotatable bonds is 4. The first kappa shape index (κ1) is 23.5. The molecule has 1 aliphatic rings. The Labute approximate surface area is 236 Å². The molecule has 0 saturated carbocycles. The Morgan fingerprint density at radius 3 is 2.59 bits per heavy atom. The molecule has 0 atom stereocenters. The largest absolute Gasteiger partial charge is 0.456 e. The third kappa shape index (κ3) is 3.86. The lowest BCUT2D eigenvalue weighted by Gasteiger charge is -2.13. The highest BCUT2D eigenvalue weighted by Gasteiger charge is 2.16. The number of nitrogens with one attached hydrogen (secondary N) is 1. The topological polar surface area (TPSA) is 41.8 Å². The average molecular weight is 527 g/mol. The van der Waals surface area contributed by atoms with Crippen LogP contribution in [-0.4, -0.2) is 9.97 Å². The van der Waals surface area contributed by atoms with E-state index in [1.165, 1.54) is 21.6 Å². The summed E-state index contributed by atoms with van der Waals surface area (Å²) in [6.45, 7) is 3.79. The number of pyridine rings is 1. The minimum Gasteiger partial charge on any atom is -0.456 e. The number of aromatic nitrogens is 2. The standard InChI is InChI=1S/C38H26N2O/c1-2-3-4-10-24-21-26-11-5-6-12-28(26)31(22-24)33-23-27-18-17-25-19-20-32(39-37(25)38(27)40-33)29-14-9-16-35-36(29)30-13-7-8-15-34(30)41-35/h2-21,23,40H,1,22H2/b4-3-,24-10-. The van der Waals surface area contributed by atoms with Crippen molar-refractivity contribution in [2.45, 2.75) is 6.42 Å². The maximum Gasteiger partial charge on any atom is 0.136 e. The minimum absolute atomic E-state index is 0.845. The highest BCUT2D eigenvalue weighted by molar-refractivity contribution is 6.13. The second-order valence-electron chi connectivity index (χ2n) is 10.5. The summed E-state index contributed by atoms with van der Waals surface area (Å²) in [5.41, 5.74) is 9.48. The Balaban J connectivity index is 1.32. The molecule has 3 heteroatoms. The highest BCUT2D eigenvalue weighted by atomic mass is 16.3. The zero-order valence-corrected chi connectivity index (χ0v) is 22.4. The third-order valence-corrected chi connectivity index (χ3v) is 8.02. The Bertz CT molecular complexity index is 2360. The van der Waals surface area contributed by atoms with Gasteiger partial charge >= 0.3 is 0 Å². The summed E-state index contributed by atoms with van der Waals surface area (Å²) in [6.07, 6.45) is 11.1. The van der Waals surface area contributed by atoms with E-state index in [1.54, 1.807) is 6.08 Å². The predicted molar refractivity (Wildman–Crippen MR) is 171 cm³/mol. The summed E-state index contributed by atoms with van der Waals surface area (Å²) < 4.78 is 6.16. The van der Waals surface area contributed by atoms with E-state index in [4.69, 9.17) is 9.40 Å². The number of H-pyrrole nitrogens is 1. The number of nitrogens with zero attached hydrogens (tertiary/aromatic N) is 1. The number of para-hydroxylation sites is 1. The summed E-state index contributed by atoms with van der Waals surface area (Å²) in [4.78, 5) is 9.04. The molecule has 0 unspecified atom stereocenters. The summed E-state index contributed by atoms with van der Waals surface area (Å²) in [5, 5.41) is 6.97. The molecule has 4 aromatic carbocycles. The molecule has 3 heterocycles. The summed E-state index contributed by atoms with van der Waals surface area (Å²) in [7, 11) is 0. The van der Waals surface area contributed by atoms with E-state index in [9.17, 15) is 0 Å². The van der Waals surface area contributed by atoms with Crippen molar-refractivity contribution in [1.82, 2.24) is 9.97 Å². The van der Waals surface area contributed by atoms with Crippen LogP contribution in [0.3, 0.4) is 0 Å². The van der Waals surface area contributed by atoms with E-state index in [-0.39, 0.29) is 0 Å². The zero-order chi connectivity index (χ0) is 27.3. The number of hydrogen-bond acceptors (Lipinski definition) is 2. The van der Waals surface area contributed by atoms with Crippen LogP contribution in [0.25, 0.3) is 66.7 Å². The van der Waals surface area contributed by atoms with E-state index in [2.05, 4.69) is 103 Å². The Morgan fingerprint density at radius 1 is 0.805 bits per heavy atom. The number of fused-ring (bicyclic) bond motifs is 7. The van der Waals surface area contributed by atoms with Crippen molar-refractivity contribution in [3.05, 3.63) is 150 Å². The molecular formula is C38H26N2O. The lowest BCUT2D eigenvalue weighted by Crippen LogP contribution is -2.30. The number of hydrogen-bond donors (Lipinski definition) is 1. The van der Waals surface area contributed by atoms with Gasteiger partial charge in [-0.2, -0.15) is 0 Å². The van der Waals surface area contributed by atoms with Crippen LogP contribution in [0.1, 0.15) is 12.1 Å². The smallest absolute Gasteiger partial charge is 0.136 e. The van der Waals surface area contributed by atoms with Gasteiger partial charge in [0, 0.05) is 39.2 Å². The number of benzene rings is 4. The van der Waals surface area contributed by atoms with Crippen LogP contribution in [0.15, 0.2) is 138 Å². The molecule has 0 amide bonds. The van der Waals surface area contributed by atoms with Gasteiger partial charge < -0.3 is 9.40 Å². The second-order valence-corrected chi connectivity index (χ2v) is 10.5. The first-order chi connectivity index (χ1) is 20.3. The monoisotopic (exact) mass is 526 g/mol. The van der Waals surface area contributed by atoms with Gasteiger partial charge in [-0.3, -0.25) is 0 Å². The molecule has 194 valence electrons. The molecule has 0 fully saturated rings. The maximum absolute atomic E-state index is 6.16. The van der Waals surface area contributed by atoms with E-state index in [0.717, 1.165) is 67.1 Å². The first-order valence-corrected chi connectivity index (χ1v) is 13.9. The lowest BCUT2D eigenvalue weighted by atomic mass is 9.93. The molecule has 41 heavy (non-hydrogen) atoms. The Morgan fingerprint density at radius 2 is 1.63 bits per heavy atom. The summed E-state index contributed by atoms with van der Waals surface area (Å²) in [5.74, 6) is 0. The molecule has 0 radical (unpaired) electrons. The zero-order valence-electron chi connectivity index (χ0n) is 22.4. The minimum atomic E-state index is 0.845. The van der Waals surface area contributed by atoms with Gasteiger partial charge in [0.05, 0.1) is 16.7 Å². The Kier molecular flexibility index (Phi) is 5.36. The third-order valence-electron chi connectivity index (χ3n) is 8.02. The average Bonchev–Trinajstić information content (AvgIpc) is 3.63.